The Kier molecular flexibility index (Phi) is 11.6. The molecule has 0 heteroatoms. The molecule has 0 bridgehead atoms. The molecule has 0 heterocycles. The van der Waals surface area contributed by atoms with Gasteiger partial charge in [0.15, 0.2) is 0 Å². The van der Waals surface area contributed by atoms with Crippen molar-refractivity contribution in [3.63, 3.8) is 0 Å². The van der Waals surface area contributed by atoms with E-state index in [2.05, 4.69) is 38.2 Å². The lowest BCUT2D eigenvalue weighted by molar-refractivity contribution is 0.355. The highest BCUT2D eigenvalue weighted by Crippen LogP contribution is 2.30. The fourth-order valence-electron chi connectivity index (χ4n) is 3.32. The van der Waals surface area contributed by atoms with E-state index in [0.29, 0.717) is 0 Å². The van der Waals surface area contributed by atoms with Gasteiger partial charge < -0.3 is 0 Å². The summed E-state index contributed by atoms with van der Waals surface area (Å²) in [5.41, 5.74) is 0. The minimum absolute atomic E-state index is 0.875. The van der Waals surface area contributed by atoms with Crippen molar-refractivity contribution in [2.45, 2.75) is 97.3 Å². The molecular weight excluding hydrogens is 252 g/mol. The molecule has 1 aliphatic carbocycles. The zero-order valence-corrected chi connectivity index (χ0v) is 14.7. The molecule has 1 rings (SSSR count). The van der Waals surface area contributed by atoms with Crippen molar-refractivity contribution in [3.05, 3.63) is 24.3 Å². The van der Waals surface area contributed by atoms with Gasteiger partial charge in [-0.15, -0.1) is 0 Å². The topological polar surface area (TPSA) is 0 Å². The monoisotopic (exact) mass is 290 g/mol. The van der Waals surface area contributed by atoms with Crippen molar-refractivity contribution in [1.29, 1.82) is 0 Å². The van der Waals surface area contributed by atoms with E-state index in [4.69, 9.17) is 0 Å². The molecule has 0 aromatic carbocycles. The van der Waals surface area contributed by atoms with Crippen LogP contribution in [0.25, 0.3) is 0 Å². The van der Waals surface area contributed by atoms with Crippen LogP contribution in [-0.4, -0.2) is 0 Å². The molecule has 1 saturated carbocycles. The van der Waals surface area contributed by atoms with Crippen LogP contribution in [0.5, 0.6) is 0 Å². The Morgan fingerprint density at radius 3 is 1.71 bits per heavy atom. The van der Waals surface area contributed by atoms with Crippen molar-refractivity contribution < 1.29 is 0 Å². The summed E-state index contributed by atoms with van der Waals surface area (Å²) in [5.74, 6) is 1.75. The molecule has 1 aliphatic rings. The van der Waals surface area contributed by atoms with Gasteiger partial charge in [0, 0.05) is 0 Å². The van der Waals surface area contributed by atoms with E-state index in [9.17, 15) is 0 Å². The molecule has 0 aromatic heterocycles. The Hall–Kier alpha value is -0.520. The summed E-state index contributed by atoms with van der Waals surface area (Å²) in [6, 6.07) is 0. The van der Waals surface area contributed by atoms with Crippen LogP contribution in [0.3, 0.4) is 0 Å². The molecule has 0 N–H and O–H groups in total. The standard InChI is InChI=1S/C21H38/c1-3-5-7-8-9-10-11-13-15-21-18-16-20(17-19-21)14-12-6-4-2/h12-15,20-21H,3-11,16-19H2,1-2H3/b14-12+,15-13+. The Morgan fingerprint density at radius 2 is 1.14 bits per heavy atom. The van der Waals surface area contributed by atoms with Crippen LogP contribution in [0.2, 0.25) is 0 Å². The molecule has 21 heavy (non-hydrogen) atoms. The van der Waals surface area contributed by atoms with E-state index in [1.54, 1.807) is 0 Å². The highest BCUT2D eigenvalue weighted by molar-refractivity contribution is 4.96. The van der Waals surface area contributed by atoms with Gasteiger partial charge in [-0.25, -0.2) is 0 Å². The van der Waals surface area contributed by atoms with Crippen LogP contribution >= 0.6 is 0 Å². The SMILES string of the molecule is CCC/C=C/C1CCC(/C=C/CCCCCCCC)CC1. The molecule has 0 saturated heterocycles. The maximum atomic E-state index is 2.53. The fraction of sp³-hybridized carbons (Fsp3) is 0.810. The van der Waals surface area contributed by atoms with E-state index < -0.39 is 0 Å². The number of hydrogen-bond donors (Lipinski definition) is 0. The molecule has 0 aliphatic heterocycles. The predicted octanol–water partition coefficient (Wildman–Crippen LogP) is 7.46. The zero-order valence-electron chi connectivity index (χ0n) is 14.7. The van der Waals surface area contributed by atoms with Crippen molar-refractivity contribution in [2.24, 2.45) is 11.8 Å². The first-order valence-electron chi connectivity index (χ1n) is 9.70. The van der Waals surface area contributed by atoms with Crippen LogP contribution < -0.4 is 0 Å². The Morgan fingerprint density at radius 1 is 0.619 bits per heavy atom. The van der Waals surface area contributed by atoms with Gasteiger partial charge in [-0.05, 0) is 56.8 Å². The smallest absolute Gasteiger partial charge is 0.0233 e. The molecular formula is C21H38. The molecule has 0 unspecified atom stereocenters. The van der Waals surface area contributed by atoms with Gasteiger partial charge in [-0.2, -0.15) is 0 Å². The van der Waals surface area contributed by atoms with Gasteiger partial charge >= 0.3 is 0 Å². The summed E-state index contributed by atoms with van der Waals surface area (Å²) in [5, 5.41) is 0. The first-order chi connectivity index (χ1) is 10.4. The average molecular weight is 291 g/mol. The fourth-order valence-corrected chi connectivity index (χ4v) is 3.32. The minimum Gasteiger partial charge on any atom is -0.0883 e. The van der Waals surface area contributed by atoms with E-state index in [0.717, 1.165) is 11.8 Å². The molecule has 0 radical (unpaired) electrons. The normalized spacial score (nSPS) is 23.3. The van der Waals surface area contributed by atoms with E-state index in [1.807, 2.05) is 0 Å². The predicted molar refractivity (Wildman–Crippen MR) is 96.6 cm³/mol. The lowest BCUT2D eigenvalue weighted by Crippen LogP contribution is -2.11. The lowest BCUT2D eigenvalue weighted by Gasteiger charge is -2.24. The Balaban J connectivity index is 2.00. The van der Waals surface area contributed by atoms with Gasteiger partial charge in [-0.3, -0.25) is 0 Å². The van der Waals surface area contributed by atoms with Crippen LogP contribution in [0.15, 0.2) is 24.3 Å². The van der Waals surface area contributed by atoms with Gasteiger partial charge in [0.05, 0.1) is 0 Å². The number of rotatable bonds is 11. The first-order valence-corrected chi connectivity index (χ1v) is 9.70. The highest BCUT2D eigenvalue weighted by Gasteiger charge is 2.16. The van der Waals surface area contributed by atoms with Crippen LogP contribution in [0.1, 0.15) is 97.3 Å². The number of allylic oxidation sites excluding steroid dienone is 4. The summed E-state index contributed by atoms with van der Waals surface area (Å²) in [4.78, 5) is 0. The van der Waals surface area contributed by atoms with Crippen molar-refractivity contribution in [2.75, 3.05) is 0 Å². The second-order valence-corrected chi connectivity index (χ2v) is 6.88. The summed E-state index contributed by atoms with van der Waals surface area (Å²) in [6.07, 6.45) is 27.9. The third-order valence-electron chi connectivity index (χ3n) is 4.81. The largest absolute Gasteiger partial charge is 0.0883 e. The van der Waals surface area contributed by atoms with Gasteiger partial charge in [-0.1, -0.05) is 76.7 Å². The lowest BCUT2D eigenvalue weighted by atomic mass is 9.81. The van der Waals surface area contributed by atoms with E-state index >= 15 is 0 Å². The summed E-state index contributed by atoms with van der Waals surface area (Å²) >= 11 is 0. The van der Waals surface area contributed by atoms with E-state index in [-0.39, 0.29) is 0 Å². The quantitative estimate of drug-likeness (QED) is 0.274. The van der Waals surface area contributed by atoms with Gasteiger partial charge in [0.2, 0.25) is 0 Å². The van der Waals surface area contributed by atoms with Crippen molar-refractivity contribution in [3.8, 4) is 0 Å². The van der Waals surface area contributed by atoms with Gasteiger partial charge in [0.25, 0.3) is 0 Å². The second kappa shape index (κ2) is 13.2. The Labute approximate surface area is 134 Å². The van der Waals surface area contributed by atoms with Crippen LogP contribution in [0.4, 0.5) is 0 Å². The van der Waals surface area contributed by atoms with Crippen LogP contribution in [0, 0.1) is 11.8 Å². The third-order valence-corrected chi connectivity index (χ3v) is 4.81. The number of unbranched alkanes of at least 4 members (excludes halogenated alkanes) is 7. The minimum atomic E-state index is 0.875. The highest BCUT2D eigenvalue weighted by atomic mass is 14.2. The first kappa shape index (κ1) is 18.5. The second-order valence-electron chi connectivity index (χ2n) is 6.88. The molecule has 122 valence electrons. The third kappa shape index (κ3) is 9.93. The number of hydrogen-bond acceptors (Lipinski definition) is 0. The summed E-state index contributed by atoms with van der Waals surface area (Å²) < 4.78 is 0. The Bertz CT molecular complexity index is 266. The van der Waals surface area contributed by atoms with E-state index in [1.165, 1.54) is 83.5 Å². The molecule has 1 fully saturated rings. The van der Waals surface area contributed by atoms with Crippen molar-refractivity contribution in [1.82, 2.24) is 0 Å². The molecule has 0 amide bonds. The molecule has 0 aromatic rings. The maximum Gasteiger partial charge on any atom is -0.0233 e. The zero-order chi connectivity index (χ0) is 15.2. The van der Waals surface area contributed by atoms with Crippen LogP contribution in [-0.2, 0) is 0 Å². The summed E-state index contributed by atoms with van der Waals surface area (Å²) in [7, 11) is 0. The summed E-state index contributed by atoms with van der Waals surface area (Å²) in [6.45, 7) is 4.55. The molecule has 0 nitrogen and oxygen atoms in total. The molecule has 0 spiro atoms. The van der Waals surface area contributed by atoms with Crippen molar-refractivity contribution >= 4 is 0 Å². The average Bonchev–Trinajstić information content (AvgIpc) is 2.52. The maximum absolute atomic E-state index is 2.53. The molecule has 0 atom stereocenters. The van der Waals surface area contributed by atoms with Gasteiger partial charge in [0.1, 0.15) is 0 Å².